The third kappa shape index (κ3) is 4.46. The quantitative estimate of drug-likeness (QED) is 0.855. The van der Waals surface area contributed by atoms with Crippen molar-refractivity contribution in [2.45, 2.75) is 19.5 Å². The van der Waals surface area contributed by atoms with E-state index in [-0.39, 0.29) is 12.2 Å². The number of nitrogens with one attached hydrogen (secondary N) is 1. The standard InChI is InChI=1S/C14H14FNO2S/c15-11-3-1-2-10(6-11)8-16-9-13-5-4-12(19-13)7-14(17)18/h1-6,16H,7-9H2,(H,17,18). The van der Waals surface area contributed by atoms with Crippen molar-refractivity contribution in [2.24, 2.45) is 0 Å². The fourth-order valence-electron chi connectivity index (χ4n) is 1.74. The van der Waals surface area contributed by atoms with E-state index in [1.54, 1.807) is 6.07 Å². The van der Waals surface area contributed by atoms with Crippen LogP contribution in [0.1, 0.15) is 15.3 Å². The summed E-state index contributed by atoms with van der Waals surface area (Å²) in [5.41, 5.74) is 0.891. The lowest BCUT2D eigenvalue weighted by molar-refractivity contribution is -0.136. The summed E-state index contributed by atoms with van der Waals surface area (Å²) < 4.78 is 13.0. The van der Waals surface area contributed by atoms with Crippen LogP contribution in [0, 0.1) is 5.82 Å². The Balaban J connectivity index is 1.82. The molecule has 5 heteroatoms. The lowest BCUT2D eigenvalue weighted by Gasteiger charge is -2.03. The highest BCUT2D eigenvalue weighted by molar-refractivity contribution is 7.12. The van der Waals surface area contributed by atoms with Crippen LogP contribution in [0.5, 0.6) is 0 Å². The number of rotatable bonds is 6. The normalized spacial score (nSPS) is 10.6. The minimum Gasteiger partial charge on any atom is -0.481 e. The molecule has 2 rings (SSSR count). The molecule has 0 saturated carbocycles. The van der Waals surface area contributed by atoms with Crippen LogP contribution in [0.2, 0.25) is 0 Å². The number of carbonyl (C=O) groups is 1. The van der Waals surface area contributed by atoms with Gasteiger partial charge in [0, 0.05) is 22.8 Å². The van der Waals surface area contributed by atoms with Gasteiger partial charge in [-0.25, -0.2) is 4.39 Å². The lowest BCUT2D eigenvalue weighted by Crippen LogP contribution is -2.11. The second-order valence-electron chi connectivity index (χ2n) is 4.17. The Morgan fingerprint density at radius 2 is 2.00 bits per heavy atom. The first-order valence-electron chi connectivity index (χ1n) is 5.88. The van der Waals surface area contributed by atoms with Gasteiger partial charge < -0.3 is 10.4 Å². The number of benzene rings is 1. The van der Waals surface area contributed by atoms with E-state index in [1.165, 1.54) is 23.5 Å². The molecule has 0 fully saturated rings. The molecule has 0 radical (unpaired) electrons. The topological polar surface area (TPSA) is 49.3 Å². The van der Waals surface area contributed by atoms with E-state index in [0.29, 0.717) is 13.1 Å². The maximum absolute atomic E-state index is 13.0. The van der Waals surface area contributed by atoms with E-state index in [0.717, 1.165) is 15.3 Å². The fraction of sp³-hybridized carbons (Fsp3) is 0.214. The predicted octanol–water partition coefficient (Wildman–Crippen LogP) is 2.80. The molecular formula is C14H14FNO2S. The molecule has 0 spiro atoms. The maximum Gasteiger partial charge on any atom is 0.308 e. The largest absolute Gasteiger partial charge is 0.481 e. The average molecular weight is 279 g/mol. The van der Waals surface area contributed by atoms with Crippen LogP contribution in [0.25, 0.3) is 0 Å². The molecule has 0 amide bonds. The zero-order valence-corrected chi connectivity index (χ0v) is 11.0. The Kier molecular flexibility index (Phi) is 4.65. The summed E-state index contributed by atoms with van der Waals surface area (Å²) in [5, 5.41) is 11.9. The van der Waals surface area contributed by atoms with Gasteiger partial charge in [0.1, 0.15) is 5.82 Å². The minimum absolute atomic E-state index is 0.0641. The van der Waals surface area contributed by atoms with Crippen molar-refractivity contribution >= 4 is 17.3 Å². The molecule has 0 atom stereocenters. The molecule has 1 heterocycles. The van der Waals surface area contributed by atoms with Crippen LogP contribution < -0.4 is 5.32 Å². The smallest absolute Gasteiger partial charge is 0.308 e. The number of aliphatic carboxylic acids is 1. The first kappa shape index (κ1) is 13.7. The van der Waals surface area contributed by atoms with E-state index in [9.17, 15) is 9.18 Å². The molecule has 0 aliphatic heterocycles. The zero-order chi connectivity index (χ0) is 13.7. The number of carboxylic acids is 1. The first-order chi connectivity index (χ1) is 9.13. The van der Waals surface area contributed by atoms with Crippen LogP contribution in [0.3, 0.4) is 0 Å². The third-order valence-electron chi connectivity index (χ3n) is 2.56. The SMILES string of the molecule is O=C(O)Cc1ccc(CNCc2cccc(F)c2)s1. The number of halogens is 1. The second-order valence-corrected chi connectivity index (χ2v) is 5.42. The highest BCUT2D eigenvalue weighted by atomic mass is 32.1. The van der Waals surface area contributed by atoms with Crippen molar-refractivity contribution in [2.75, 3.05) is 0 Å². The number of hydrogen-bond donors (Lipinski definition) is 2. The summed E-state index contributed by atoms with van der Waals surface area (Å²) in [7, 11) is 0. The van der Waals surface area contributed by atoms with E-state index in [1.807, 2.05) is 18.2 Å². The van der Waals surface area contributed by atoms with E-state index in [4.69, 9.17) is 5.11 Å². The van der Waals surface area contributed by atoms with Gasteiger partial charge in [0.15, 0.2) is 0 Å². The summed E-state index contributed by atoms with van der Waals surface area (Å²) in [6.45, 7) is 1.24. The predicted molar refractivity (Wildman–Crippen MR) is 72.6 cm³/mol. The highest BCUT2D eigenvalue weighted by Gasteiger charge is 2.04. The van der Waals surface area contributed by atoms with Gasteiger partial charge in [-0.2, -0.15) is 0 Å². The molecule has 0 aliphatic carbocycles. The molecule has 0 saturated heterocycles. The van der Waals surface area contributed by atoms with Crippen LogP contribution in [0.15, 0.2) is 36.4 Å². The van der Waals surface area contributed by atoms with Crippen LogP contribution >= 0.6 is 11.3 Å². The zero-order valence-electron chi connectivity index (χ0n) is 10.2. The molecule has 100 valence electrons. The first-order valence-corrected chi connectivity index (χ1v) is 6.69. The molecule has 2 N–H and O–H groups in total. The van der Waals surface area contributed by atoms with Gasteiger partial charge >= 0.3 is 5.97 Å². The van der Waals surface area contributed by atoms with Crippen LogP contribution in [-0.2, 0) is 24.3 Å². The lowest BCUT2D eigenvalue weighted by atomic mass is 10.2. The molecule has 3 nitrogen and oxygen atoms in total. The fourth-order valence-corrected chi connectivity index (χ4v) is 2.72. The van der Waals surface area contributed by atoms with E-state index >= 15 is 0 Å². The van der Waals surface area contributed by atoms with Gasteiger partial charge in [0.05, 0.1) is 6.42 Å². The molecule has 1 aromatic heterocycles. The Morgan fingerprint density at radius 1 is 1.21 bits per heavy atom. The van der Waals surface area contributed by atoms with Gasteiger partial charge in [-0.3, -0.25) is 4.79 Å². The Bertz CT molecular complexity index is 568. The summed E-state index contributed by atoms with van der Waals surface area (Å²) in [5.74, 6) is -1.06. The third-order valence-corrected chi connectivity index (χ3v) is 3.65. The van der Waals surface area contributed by atoms with Gasteiger partial charge in [-0.05, 0) is 29.8 Å². The molecule has 0 bridgehead atoms. The van der Waals surface area contributed by atoms with Crippen molar-refractivity contribution in [3.8, 4) is 0 Å². The Morgan fingerprint density at radius 3 is 2.74 bits per heavy atom. The summed E-state index contributed by atoms with van der Waals surface area (Å²) in [6, 6.07) is 10.2. The number of thiophene rings is 1. The van der Waals surface area contributed by atoms with Gasteiger partial charge in [-0.15, -0.1) is 11.3 Å². The molecule has 1 aromatic carbocycles. The maximum atomic E-state index is 13.0. The van der Waals surface area contributed by atoms with Crippen LogP contribution in [0.4, 0.5) is 4.39 Å². The van der Waals surface area contributed by atoms with Crippen molar-refractivity contribution < 1.29 is 14.3 Å². The molecule has 19 heavy (non-hydrogen) atoms. The van der Waals surface area contributed by atoms with E-state index < -0.39 is 5.97 Å². The average Bonchev–Trinajstić information content (AvgIpc) is 2.76. The second kappa shape index (κ2) is 6.45. The number of carboxylic acid groups (broad SMARTS) is 1. The van der Waals surface area contributed by atoms with Gasteiger partial charge in [0.2, 0.25) is 0 Å². The van der Waals surface area contributed by atoms with Crippen molar-refractivity contribution in [1.29, 1.82) is 0 Å². The Hall–Kier alpha value is -1.72. The molecule has 0 unspecified atom stereocenters. The van der Waals surface area contributed by atoms with Crippen LogP contribution in [-0.4, -0.2) is 11.1 Å². The molecule has 2 aromatic rings. The summed E-state index contributed by atoms with van der Waals surface area (Å²) >= 11 is 1.48. The summed E-state index contributed by atoms with van der Waals surface area (Å²) in [4.78, 5) is 12.5. The summed E-state index contributed by atoms with van der Waals surface area (Å²) in [6.07, 6.45) is 0.0641. The minimum atomic E-state index is -0.818. The monoisotopic (exact) mass is 279 g/mol. The Labute approximate surface area is 114 Å². The van der Waals surface area contributed by atoms with E-state index in [2.05, 4.69) is 5.32 Å². The van der Waals surface area contributed by atoms with Gasteiger partial charge in [0.25, 0.3) is 0 Å². The molecular weight excluding hydrogens is 265 g/mol. The number of hydrogen-bond acceptors (Lipinski definition) is 3. The van der Waals surface area contributed by atoms with Crippen molar-refractivity contribution in [3.63, 3.8) is 0 Å². The highest BCUT2D eigenvalue weighted by Crippen LogP contribution is 2.17. The van der Waals surface area contributed by atoms with Crippen molar-refractivity contribution in [1.82, 2.24) is 5.32 Å². The van der Waals surface area contributed by atoms with Gasteiger partial charge in [-0.1, -0.05) is 12.1 Å². The van der Waals surface area contributed by atoms with Crippen molar-refractivity contribution in [3.05, 3.63) is 57.5 Å². The molecule has 0 aliphatic rings.